The van der Waals surface area contributed by atoms with Gasteiger partial charge >= 0.3 is 5.97 Å². The van der Waals surface area contributed by atoms with Crippen LogP contribution in [0.5, 0.6) is 0 Å². The first kappa shape index (κ1) is 18.1. The van der Waals surface area contributed by atoms with Gasteiger partial charge in [0.15, 0.2) is 0 Å². The summed E-state index contributed by atoms with van der Waals surface area (Å²) in [4.78, 5) is 22.8. The summed E-state index contributed by atoms with van der Waals surface area (Å²) in [6.45, 7) is 2.65. The fraction of sp³-hybridized carbons (Fsp3) is 0.429. The standard InChI is InChI=1S/C14H20N2O5S/c1-10(14(18)19)11(2)15-13(17)9-16(3)22(20,21)12-7-5-4-6-8-12/h4-8,10-11H,9H2,1-3H3,(H,15,17)(H,18,19). The number of carbonyl (C=O) groups is 2. The van der Waals surface area contributed by atoms with Gasteiger partial charge in [-0.2, -0.15) is 4.31 Å². The Morgan fingerprint density at radius 2 is 1.77 bits per heavy atom. The number of aliphatic carboxylic acids is 1. The number of rotatable bonds is 7. The summed E-state index contributed by atoms with van der Waals surface area (Å²) in [6.07, 6.45) is 0. The van der Waals surface area contributed by atoms with Crippen LogP contribution in [0.1, 0.15) is 13.8 Å². The van der Waals surface area contributed by atoms with Crippen molar-refractivity contribution in [3.05, 3.63) is 30.3 Å². The molecule has 1 amide bonds. The minimum Gasteiger partial charge on any atom is -0.481 e. The molecule has 22 heavy (non-hydrogen) atoms. The van der Waals surface area contributed by atoms with Gasteiger partial charge in [0.25, 0.3) is 0 Å². The van der Waals surface area contributed by atoms with Gasteiger partial charge in [0, 0.05) is 13.1 Å². The van der Waals surface area contributed by atoms with Crippen LogP contribution in [0, 0.1) is 5.92 Å². The summed E-state index contributed by atoms with van der Waals surface area (Å²) in [6, 6.07) is 7.17. The normalized spacial score (nSPS) is 14.4. The van der Waals surface area contributed by atoms with E-state index in [9.17, 15) is 18.0 Å². The van der Waals surface area contributed by atoms with E-state index in [2.05, 4.69) is 5.32 Å². The van der Waals surface area contributed by atoms with E-state index in [1.807, 2.05) is 0 Å². The highest BCUT2D eigenvalue weighted by Crippen LogP contribution is 2.13. The van der Waals surface area contributed by atoms with Crippen LogP contribution in [0.3, 0.4) is 0 Å². The molecule has 1 aromatic carbocycles. The predicted molar refractivity (Wildman–Crippen MR) is 80.7 cm³/mol. The Balaban J connectivity index is 2.70. The minimum absolute atomic E-state index is 0.0947. The van der Waals surface area contributed by atoms with E-state index in [4.69, 9.17) is 5.11 Å². The number of nitrogens with zero attached hydrogens (tertiary/aromatic N) is 1. The third kappa shape index (κ3) is 4.54. The van der Waals surface area contributed by atoms with E-state index < -0.39 is 33.9 Å². The van der Waals surface area contributed by atoms with Crippen molar-refractivity contribution in [2.24, 2.45) is 5.92 Å². The molecule has 0 spiro atoms. The van der Waals surface area contributed by atoms with Gasteiger partial charge in [0.1, 0.15) is 0 Å². The molecule has 0 bridgehead atoms. The maximum Gasteiger partial charge on any atom is 0.308 e. The smallest absolute Gasteiger partial charge is 0.308 e. The number of amides is 1. The Morgan fingerprint density at radius 1 is 1.23 bits per heavy atom. The van der Waals surface area contributed by atoms with E-state index >= 15 is 0 Å². The van der Waals surface area contributed by atoms with Crippen molar-refractivity contribution in [3.8, 4) is 0 Å². The summed E-state index contributed by atoms with van der Waals surface area (Å²) >= 11 is 0. The number of likely N-dealkylation sites (N-methyl/N-ethyl adjacent to an activating group) is 1. The quantitative estimate of drug-likeness (QED) is 0.760. The zero-order valence-electron chi connectivity index (χ0n) is 12.7. The van der Waals surface area contributed by atoms with Crippen molar-refractivity contribution in [1.82, 2.24) is 9.62 Å². The molecule has 7 nitrogen and oxygen atoms in total. The van der Waals surface area contributed by atoms with Gasteiger partial charge in [-0.1, -0.05) is 18.2 Å². The summed E-state index contributed by atoms with van der Waals surface area (Å²) in [7, 11) is -2.45. The molecular weight excluding hydrogens is 308 g/mol. The lowest BCUT2D eigenvalue weighted by Gasteiger charge is -2.21. The average Bonchev–Trinajstić information content (AvgIpc) is 2.46. The number of sulfonamides is 1. The van der Waals surface area contributed by atoms with Gasteiger partial charge in [-0.25, -0.2) is 8.42 Å². The largest absolute Gasteiger partial charge is 0.481 e. The third-order valence-corrected chi connectivity index (χ3v) is 5.16. The number of nitrogens with one attached hydrogen (secondary N) is 1. The average molecular weight is 328 g/mol. The molecule has 122 valence electrons. The molecule has 0 heterocycles. The van der Waals surface area contributed by atoms with Gasteiger partial charge in [0.05, 0.1) is 17.4 Å². The second-order valence-corrected chi connectivity index (χ2v) is 7.10. The Labute approximate surface area is 130 Å². The predicted octanol–water partition coefficient (Wildman–Crippen LogP) is 0.532. The Bertz CT molecular complexity index is 630. The first-order valence-electron chi connectivity index (χ1n) is 6.69. The molecule has 2 atom stereocenters. The topological polar surface area (TPSA) is 104 Å². The molecule has 0 aliphatic rings. The molecule has 1 rings (SSSR count). The van der Waals surface area contributed by atoms with Crippen molar-refractivity contribution >= 4 is 21.9 Å². The highest BCUT2D eigenvalue weighted by Gasteiger charge is 2.25. The first-order valence-corrected chi connectivity index (χ1v) is 8.14. The van der Waals surface area contributed by atoms with E-state index in [0.717, 1.165) is 4.31 Å². The summed E-state index contributed by atoms with van der Waals surface area (Å²) in [5.41, 5.74) is 0. The minimum atomic E-state index is -3.75. The van der Waals surface area contributed by atoms with Crippen molar-refractivity contribution in [3.63, 3.8) is 0 Å². The van der Waals surface area contributed by atoms with Gasteiger partial charge in [0.2, 0.25) is 15.9 Å². The molecule has 0 radical (unpaired) electrons. The zero-order valence-corrected chi connectivity index (χ0v) is 13.5. The lowest BCUT2D eigenvalue weighted by Crippen LogP contribution is -2.45. The van der Waals surface area contributed by atoms with Crippen molar-refractivity contribution in [2.75, 3.05) is 13.6 Å². The highest BCUT2D eigenvalue weighted by atomic mass is 32.2. The highest BCUT2D eigenvalue weighted by molar-refractivity contribution is 7.89. The maximum absolute atomic E-state index is 12.2. The monoisotopic (exact) mass is 328 g/mol. The number of carboxylic acids is 1. The van der Waals surface area contributed by atoms with Crippen molar-refractivity contribution in [1.29, 1.82) is 0 Å². The maximum atomic E-state index is 12.2. The lowest BCUT2D eigenvalue weighted by molar-refractivity contribution is -0.142. The zero-order chi connectivity index (χ0) is 16.9. The SMILES string of the molecule is CC(NC(=O)CN(C)S(=O)(=O)c1ccccc1)C(C)C(=O)O. The Morgan fingerprint density at radius 3 is 2.27 bits per heavy atom. The second-order valence-electron chi connectivity index (χ2n) is 5.06. The molecule has 8 heteroatoms. The van der Waals surface area contributed by atoms with Crippen LogP contribution < -0.4 is 5.32 Å². The van der Waals surface area contributed by atoms with Gasteiger partial charge < -0.3 is 10.4 Å². The third-order valence-electron chi connectivity index (χ3n) is 3.35. The fourth-order valence-electron chi connectivity index (χ4n) is 1.70. The molecular formula is C14H20N2O5S. The molecule has 2 N–H and O–H groups in total. The molecule has 2 unspecified atom stereocenters. The fourth-order valence-corrected chi connectivity index (χ4v) is 2.85. The first-order chi connectivity index (χ1) is 10.2. The van der Waals surface area contributed by atoms with Crippen LogP contribution in [0.2, 0.25) is 0 Å². The Hall–Kier alpha value is -1.93. The van der Waals surface area contributed by atoms with Gasteiger partial charge in [-0.15, -0.1) is 0 Å². The van der Waals surface area contributed by atoms with E-state index in [0.29, 0.717) is 0 Å². The van der Waals surface area contributed by atoms with E-state index in [1.54, 1.807) is 25.1 Å². The summed E-state index contributed by atoms with van der Waals surface area (Å²) < 4.78 is 25.4. The number of carboxylic acid groups (broad SMARTS) is 1. The number of hydrogen-bond acceptors (Lipinski definition) is 4. The van der Waals surface area contributed by atoms with Crippen LogP contribution in [0.15, 0.2) is 35.2 Å². The summed E-state index contributed by atoms with van der Waals surface area (Å²) in [5, 5.41) is 11.4. The van der Waals surface area contributed by atoms with Crippen LogP contribution in [-0.4, -0.2) is 49.3 Å². The molecule has 0 aromatic heterocycles. The van der Waals surface area contributed by atoms with Crippen LogP contribution >= 0.6 is 0 Å². The number of benzene rings is 1. The van der Waals surface area contributed by atoms with Crippen LogP contribution in [0.25, 0.3) is 0 Å². The molecule has 0 aliphatic heterocycles. The van der Waals surface area contributed by atoms with Crippen LogP contribution in [-0.2, 0) is 19.6 Å². The lowest BCUT2D eigenvalue weighted by atomic mass is 10.0. The molecule has 0 saturated carbocycles. The summed E-state index contributed by atoms with van der Waals surface area (Å²) in [5.74, 6) is -2.35. The van der Waals surface area contributed by atoms with E-state index in [-0.39, 0.29) is 11.4 Å². The number of carbonyl (C=O) groups excluding carboxylic acids is 1. The van der Waals surface area contributed by atoms with Crippen molar-refractivity contribution in [2.45, 2.75) is 24.8 Å². The molecule has 0 saturated heterocycles. The van der Waals surface area contributed by atoms with Crippen LogP contribution in [0.4, 0.5) is 0 Å². The van der Waals surface area contributed by atoms with Crippen molar-refractivity contribution < 1.29 is 23.1 Å². The molecule has 0 aliphatic carbocycles. The number of hydrogen-bond donors (Lipinski definition) is 2. The second kappa shape index (κ2) is 7.37. The molecule has 0 fully saturated rings. The van der Waals surface area contributed by atoms with E-state index in [1.165, 1.54) is 26.1 Å². The van der Waals surface area contributed by atoms with Gasteiger partial charge in [-0.05, 0) is 26.0 Å². The Kier molecular flexibility index (Phi) is 6.07. The molecule has 1 aromatic rings. The van der Waals surface area contributed by atoms with Gasteiger partial charge in [-0.3, -0.25) is 9.59 Å².